The Morgan fingerprint density at radius 2 is 1.77 bits per heavy atom. The third-order valence-electron chi connectivity index (χ3n) is 4.09. The predicted octanol–water partition coefficient (Wildman–Crippen LogP) is 3.75. The van der Waals surface area contributed by atoms with E-state index in [0.717, 1.165) is 0 Å². The van der Waals surface area contributed by atoms with Crippen LogP contribution in [0.2, 0.25) is 0 Å². The van der Waals surface area contributed by atoms with E-state index in [9.17, 15) is 13.2 Å². The van der Waals surface area contributed by atoms with Crippen molar-refractivity contribution in [3.05, 3.63) is 60.1 Å². The minimum absolute atomic E-state index is 0.0669. The van der Waals surface area contributed by atoms with Gasteiger partial charge in [-0.15, -0.1) is 11.3 Å². The van der Waals surface area contributed by atoms with Gasteiger partial charge in [0, 0.05) is 17.3 Å². The fourth-order valence-corrected chi connectivity index (χ4v) is 4.32. The topological polar surface area (TPSA) is 107 Å². The van der Waals surface area contributed by atoms with Gasteiger partial charge >= 0.3 is 0 Å². The number of aromatic nitrogens is 1. The maximum Gasteiger partial charge on any atom is 0.265 e. The summed E-state index contributed by atoms with van der Waals surface area (Å²) in [5.74, 6) is 0.913. The van der Waals surface area contributed by atoms with E-state index in [1.54, 1.807) is 36.8 Å². The number of nitrogens with one attached hydrogen (secondary N) is 2. The predicted molar refractivity (Wildman–Crippen MR) is 116 cm³/mol. The van der Waals surface area contributed by atoms with Gasteiger partial charge in [0.25, 0.3) is 15.9 Å². The van der Waals surface area contributed by atoms with Gasteiger partial charge in [-0.05, 0) is 55.0 Å². The molecule has 158 valence electrons. The Kier molecular flexibility index (Phi) is 6.91. The summed E-state index contributed by atoms with van der Waals surface area (Å²) in [6.45, 7) is 1.84. The SMILES string of the molecule is CC[C@H](Oc1ccc(OC)cc1)C(=O)Nc1ccc(S(=O)(=O)Nc2nccs2)cc1. The van der Waals surface area contributed by atoms with Gasteiger partial charge in [0.2, 0.25) is 0 Å². The number of nitrogens with zero attached hydrogens (tertiary/aromatic N) is 1. The zero-order valence-electron chi connectivity index (χ0n) is 16.4. The Balaban J connectivity index is 1.63. The Labute approximate surface area is 178 Å². The van der Waals surface area contributed by atoms with Gasteiger partial charge in [0.15, 0.2) is 11.2 Å². The molecule has 0 bridgehead atoms. The molecule has 1 aromatic heterocycles. The average molecular weight is 448 g/mol. The van der Waals surface area contributed by atoms with Crippen LogP contribution in [-0.2, 0) is 14.8 Å². The van der Waals surface area contributed by atoms with Crippen molar-refractivity contribution < 1.29 is 22.7 Å². The van der Waals surface area contributed by atoms with E-state index < -0.39 is 16.1 Å². The maximum atomic E-state index is 12.6. The van der Waals surface area contributed by atoms with E-state index >= 15 is 0 Å². The fourth-order valence-electron chi connectivity index (χ4n) is 2.53. The standard InChI is InChI=1S/C20H21N3O5S2/c1-3-18(28-16-8-6-15(27-2)7-9-16)19(24)22-14-4-10-17(11-5-14)30(25,26)23-20-21-12-13-29-20/h4-13,18H,3H2,1-2H3,(H,21,23)(H,22,24)/t18-/m0/s1. The molecule has 3 rings (SSSR count). The highest BCUT2D eigenvalue weighted by atomic mass is 32.2. The number of sulfonamides is 1. The molecule has 1 atom stereocenters. The normalized spacial score (nSPS) is 12.1. The Hall–Kier alpha value is -3.11. The van der Waals surface area contributed by atoms with E-state index in [1.807, 2.05) is 6.92 Å². The van der Waals surface area contributed by atoms with Gasteiger partial charge in [0.05, 0.1) is 12.0 Å². The van der Waals surface area contributed by atoms with Crippen LogP contribution in [0.3, 0.4) is 0 Å². The van der Waals surface area contributed by atoms with Crippen LogP contribution in [0.4, 0.5) is 10.8 Å². The lowest BCUT2D eigenvalue weighted by molar-refractivity contribution is -0.122. The van der Waals surface area contributed by atoms with Gasteiger partial charge in [-0.2, -0.15) is 0 Å². The number of rotatable bonds is 9. The van der Waals surface area contributed by atoms with Gasteiger partial charge in [-0.25, -0.2) is 13.4 Å². The largest absolute Gasteiger partial charge is 0.497 e. The molecule has 2 aromatic carbocycles. The van der Waals surface area contributed by atoms with Crippen molar-refractivity contribution in [2.45, 2.75) is 24.3 Å². The molecule has 8 nitrogen and oxygen atoms in total. The summed E-state index contributed by atoms with van der Waals surface area (Å²) < 4.78 is 38.0. The zero-order chi connectivity index (χ0) is 21.6. The average Bonchev–Trinajstić information content (AvgIpc) is 3.25. The highest BCUT2D eigenvalue weighted by Crippen LogP contribution is 2.21. The molecule has 0 aliphatic rings. The number of carbonyl (C=O) groups excluding carboxylic acids is 1. The van der Waals surface area contributed by atoms with Crippen LogP contribution >= 0.6 is 11.3 Å². The number of hydrogen-bond acceptors (Lipinski definition) is 7. The minimum atomic E-state index is -3.75. The Morgan fingerprint density at radius 3 is 2.33 bits per heavy atom. The third kappa shape index (κ3) is 5.49. The molecule has 0 unspecified atom stereocenters. The van der Waals surface area contributed by atoms with Crippen molar-refractivity contribution >= 4 is 38.1 Å². The van der Waals surface area contributed by atoms with Crippen molar-refractivity contribution in [3.63, 3.8) is 0 Å². The molecule has 0 saturated carbocycles. The first-order valence-corrected chi connectivity index (χ1v) is 11.4. The first kappa shape index (κ1) is 21.6. The first-order chi connectivity index (χ1) is 14.4. The van der Waals surface area contributed by atoms with Crippen molar-refractivity contribution in [1.29, 1.82) is 0 Å². The number of amides is 1. The van der Waals surface area contributed by atoms with Crippen LogP contribution in [0, 0.1) is 0 Å². The second kappa shape index (κ2) is 9.59. The van der Waals surface area contributed by atoms with Crippen molar-refractivity contribution in [3.8, 4) is 11.5 Å². The number of anilines is 2. The van der Waals surface area contributed by atoms with Gasteiger partial charge in [-0.3, -0.25) is 9.52 Å². The van der Waals surface area contributed by atoms with E-state index in [4.69, 9.17) is 9.47 Å². The van der Waals surface area contributed by atoms with Crippen molar-refractivity contribution in [2.75, 3.05) is 17.1 Å². The number of hydrogen-bond donors (Lipinski definition) is 2. The number of ether oxygens (including phenoxy) is 2. The van der Waals surface area contributed by atoms with E-state index in [-0.39, 0.29) is 15.9 Å². The molecule has 1 amide bonds. The third-order valence-corrected chi connectivity index (χ3v) is 6.26. The molecule has 3 aromatic rings. The van der Waals surface area contributed by atoms with Crippen LogP contribution in [-0.4, -0.2) is 32.5 Å². The summed E-state index contributed by atoms with van der Waals surface area (Å²) >= 11 is 1.19. The minimum Gasteiger partial charge on any atom is -0.497 e. The van der Waals surface area contributed by atoms with Crippen LogP contribution in [0.15, 0.2) is 65.0 Å². The highest BCUT2D eigenvalue weighted by molar-refractivity contribution is 7.93. The lowest BCUT2D eigenvalue weighted by Crippen LogP contribution is -2.32. The second-order valence-corrected chi connectivity index (χ2v) is 8.72. The molecule has 0 aliphatic carbocycles. The van der Waals surface area contributed by atoms with Crippen molar-refractivity contribution in [2.24, 2.45) is 0 Å². The number of thiazole rings is 1. The van der Waals surface area contributed by atoms with Crippen LogP contribution in [0.5, 0.6) is 11.5 Å². The smallest absolute Gasteiger partial charge is 0.265 e. The fraction of sp³-hybridized carbons (Fsp3) is 0.200. The number of methoxy groups -OCH3 is 1. The summed E-state index contributed by atoms with van der Waals surface area (Å²) in [5.41, 5.74) is 0.463. The summed E-state index contributed by atoms with van der Waals surface area (Å²) in [6.07, 6.45) is 1.27. The lowest BCUT2D eigenvalue weighted by Gasteiger charge is -2.17. The molecule has 2 N–H and O–H groups in total. The van der Waals surface area contributed by atoms with E-state index in [2.05, 4.69) is 15.0 Å². The molecule has 0 radical (unpaired) electrons. The molecule has 0 aliphatic heterocycles. The van der Waals surface area contributed by atoms with E-state index in [1.165, 1.54) is 41.8 Å². The monoisotopic (exact) mass is 447 g/mol. The molecule has 1 heterocycles. The van der Waals surface area contributed by atoms with Crippen LogP contribution in [0.25, 0.3) is 0 Å². The summed E-state index contributed by atoms with van der Waals surface area (Å²) in [6, 6.07) is 12.8. The molecule has 0 spiro atoms. The molecule has 10 heteroatoms. The van der Waals surface area contributed by atoms with Gasteiger partial charge in [-0.1, -0.05) is 6.92 Å². The van der Waals surface area contributed by atoms with Gasteiger partial charge in [0.1, 0.15) is 11.5 Å². The maximum absolute atomic E-state index is 12.6. The summed E-state index contributed by atoms with van der Waals surface area (Å²) in [4.78, 5) is 16.5. The molecular formula is C20H21N3O5S2. The number of carbonyl (C=O) groups is 1. The molecule has 0 fully saturated rings. The molecule has 30 heavy (non-hydrogen) atoms. The Morgan fingerprint density at radius 1 is 1.10 bits per heavy atom. The summed E-state index contributed by atoms with van der Waals surface area (Å²) in [7, 11) is -2.17. The van der Waals surface area contributed by atoms with Crippen LogP contribution in [0.1, 0.15) is 13.3 Å². The zero-order valence-corrected chi connectivity index (χ0v) is 18.0. The first-order valence-electron chi connectivity index (χ1n) is 9.05. The summed E-state index contributed by atoms with van der Waals surface area (Å²) in [5, 5.41) is 4.71. The van der Waals surface area contributed by atoms with Crippen molar-refractivity contribution in [1.82, 2.24) is 4.98 Å². The quantitative estimate of drug-likeness (QED) is 0.517. The van der Waals surface area contributed by atoms with Gasteiger partial charge < -0.3 is 14.8 Å². The molecule has 0 saturated heterocycles. The second-order valence-electron chi connectivity index (χ2n) is 6.15. The molecular weight excluding hydrogens is 426 g/mol. The highest BCUT2D eigenvalue weighted by Gasteiger charge is 2.20. The van der Waals surface area contributed by atoms with Crippen LogP contribution < -0.4 is 19.5 Å². The lowest BCUT2D eigenvalue weighted by atomic mass is 10.2. The van der Waals surface area contributed by atoms with E-state index in [0.29, 0.717) is 23.6 Å². The number of benzene rings is 2. The Bertz CT molecular complexity index is 1070.